The summed E-state index contributed by atoms with van der Waals surface area (Å²) in [4.78, 5) is 26.4. The molecule has 0 N–H and O–H groups in total. The van der Waals surface area contributed by atoms with Crippen LogP contribution in [0, 0.1) is 11.6 Å². The Morgan fingerprint density at radius 3 is 1.85 bits per heavy atom. The van der Waals surface area contributed by atoms with Crippen molar-refractivity contribution in [2.24, 2.45) is 0 Å². The predicted octanol–water partition coefficient (Wildman–Crippen LogP) is 8.25. The van der Waals surface area contributed by atoms with Crippen molar-refractivity contribution in [2.75, 3.05) is 15.9 Å². The number of nitrogens with zero attached hydrogens (tertiary/aromatic N) is 2. The van der Waals surface area contributed by atoms with Gasteiger partial charge in [0.1, 0.15) is 5.82 Å². The number of halogens is 11. The van der Waals surface area contributed by atoms with Gasteiger partial charge in [-0.05, 0) is 52.3 Å². The number of benzene rings is 3. The van der Waals surface area contributed by atoms with Crippen molar-refractivity contribution in [3.05, 3.63) is 93.5 Å². The number of amides is 2. The summed E-state index contributed by atoms with van der Waals surface area (Å²) in [5.41, 5.74) is -9.44. The van der Waals surface area contributed by atoms with Gasteiger partial charge in [-0.15, -0.1) is 0 Å². The van der Waals surface area contributed by atoms with Crippen molar-refractivity contribution in [1.82, 2.24) is 0 Å². The van der Waals surface area contributed by atoms with Crippen LogP contribution in [0.1, 0.15) is 26.3 Å². The Morgan fingerprint density at radius 2 is 1.31 bits per heavy atom. The van der Waals surface area contributed by atoms with E-state index in [1.54, 1.807) is 0 Å². The zero-order chi connectivity index (χ0) is 29.5. The summed E-state index contributed by atoms with van der Waals surface area (Å²) >= 11 is 5.50. The minimum atomic E-state index is -6.36. The maximum Gasteiger partial charge on any atom is 0.435 e. The number of rotatable bonds is 5. The first-order valence-corrected chi connectivity index (χ1v) is 11.9. The molecule has 4 nitrogen and oxygen atoms in total. The van der Waals surface area contributed by atoms with E-state index >= 15 is 4.39 Å². The smallest absolute Gasteiger partial charge is 0.309 e. The molecule has 0 aliphatic rings. The summed E-state index contributed by atoms with van der Waals surface area (Å²) < 4.78 is 122. The van der Waals surface area contributed by atoms with Gasteiger partial charge in [-0.2, -0.15) is 26.3 Å². The largest absolute Gasteiger partial charge is 0.435 e. The molecule has 0 spiro atoms. The van der Waals surface area contributed by atoms with Crippen LogP contribution in [0.25, 0.3) is 0 Å². The van der Waals surface area contributed by atoms with Crippen LogP contribution in [-0.4, -0.2) is 31.2 Å². The van der Waals surface area contributed by atoms with Crippen LogP contribution < -0.4 is 8.83 Å². The summed E-state index contributed by atoms with van der Waals surface area (Å²) in [7, 11) is 1.12. The molecule has 3 rings (SSSR count). The molecular formula is C24H13Br2F9N2O2. The Morgan fingerprint density at radius 1 is 0.744 bits per heavy atom. The number of alkyl halides is 7. The third-order valence-corrected chi connectivity index (χ3v) is 6.83. The van der Waals surface area contributed by atoms with Crippen molar-refractivity contribution < 1.29 is 49.1 Å². The van der Waals surface area contributed by atoms with E-state index in [0.717, 1.165) is 36.2 Å². The molecule has 0 bridgehead atoms. The molecule has 0 saturated carbocycles. The lowest BCUT2D eigenvalue weighted by molar-refractivity contribution is -0.348. The molecule has 2 amide bonds. The highest BCUT2D eigenvalue weighted by Gasteiger charge is 2.73. The molecule has 39 heavy (non-hydrogen) atoms. The quantitative estimate of drug-likeness (QED) is 0.200. The Kier molecular flexibility index (Phi) is 8.46. The lowest BCUT2D eigenvalue weighted by atomic mass is 9.94. The molecule has 0 aliphatic heterocycles. The minimum Gasteiger partial charge on any atom is -0.309 e. The van der Waals surface area contributed by atoms with Gasteiger partial charge in [0, 0.05) is 17.1 Å². The molecule has 3 aromatic rings. The number of anilines is 2. The second-order valence-electron chi connectivity index (χ2n) is 7.89. The third kappa shape index (κ3) is 5.51. The van der Waals surface area contributed by atoms with Gasteiger partial charge in [-0.25, -0.2) is 17.1 Å². The summed E-state index contributed by atoms with van der Waals surface area (Å²) in [5, 5.41) is 0. The number of hydrogen-bond donors (Lipinski definition) is 0. The minimum absolute atomic E-state index is 0.177. The summed E-state index contributed by atoms with van der Waals surface area (Å²) in [5.74, 6) is -4.28. The molecule has 0 radical (unpaired) electrons. The molecule has 208 valence electrons. The van der Waals surface area contributed by atoms with Gasteiger partial charge in [0.15, 0.2) is 5.82 Å². The molecule has 0 unspecified atom stereocenters. The van der Waals surface area contributed by atoms with Crippen molar-refractivity contribution in [3.63, 3.8) is 0 Å². The standard InChI is InChI=1S/C24H13Br2F9N2O2/c1-36(20(38)13-5-2-3-7-16(13)27)18-8-4-6-14(19(18)28)21(39)37(26)17-10-9-12(11-15(17)25)22(29,23(30,31)32)24(33,34)35/h2-11H,1H3. The van der Waals surface area contributed by atoms with E-state index < -0.39 is 68.4 Å². The van der Waals surface area contributed by atoms with Crippen LogP contribution in [0.15, 0.2) is 65.1 Å². The summed E-state index contributed by atoms with van der Waals surface area (Å²) in [6.07, 6.45) is -12.7. The molecule has 3 aromatic carbocycles. The molecule has 0 saturated heterocycles. The Bertz CT molecular complexity index is 1410. The molecule has 15 heteroatoms. The fourth-order valence-electron chi connectivity index (χ4n) is 3.45. The predicted molar refractivity (Wildman–Crippen MR) is 130 cm³/mol. The first-order valence-electron chi connectivity index (χ1n) is 10.4. The van der Waals surface area contributed by atoms with Gasteiger partial charge in [-0.3, -0.25) is 9.59 Å². The zero-order valence-corrected chi connectivity index (χ0v) is 22.3. The Balaban J connectivity index is 1.97. The van der Waals surface area contributed by atoms with Crippen LogP contribution >= 0.6 is 32.1 Å². The van der Waals surface area contributed by atoms with Crippen molar-refractivity contribution in [1.29, 1.82) is 0 Å². The second-order valence-corrected chi connectivity index (χ2v) is 9.45. The van der Waals surface area contributed by atoms with Crippen molar-refractivity contribution >= 4 is 55.3 Å². The molecular weight excluding hydrogens is 679 g/mol. The number of carbonyl (C=O) groups is 2. The Hall–Kier alpha value is -3.07. The van der Waals surface area contributed by atoms with E-state index in [1.165, 1.54) is 18.2 Å². The maximum absolute atomic E-state index is 15.3. The normalized spacial score (nSPS) is 12.3. The Labute approximate surface area is 231 Å². The first kappa shape index (κ1) is 30.5. The SMILES string of the molecule is CN(C(=O)c1ccccc1F)c1cccc(C(=O)N(Br)c2ccc(C(F)(C(F)(F)F)C(F)(F)F)cc2Br)c1F. The molecule has 0 aliphatic carbocycles. The van der Waals surface area contributed by atoms with Crippen LogP contribution in [0.4, 0.5) is 50.9 Å². The third-order valence-electron chi connectivity index (χ3n) is 5.50. The maximum atomic E-state index is 15.3. The van der Waals surface area contributed by atoms with E-state index in [4.69, 9.17) is 0 Å². The fourth-order valence-corrected chi connectivity index (χ4v) is 4.75. The zero-order valence-electron chi connectivity index (χ0n) is 19.1. The van der Waals surface area contributed by atoms with E-state index in [1.807, 2.05) is 0 Å². The van der Waals surface area contributed by atoms with Crippen molar-refractivity contribution in [2.45, 2.75) is 18.0 Å². The lowest BCUT2D eigenvalue weighted by Gasteiger charge is -2.30. The second kappa shape index (κ2) is 10.8. The highest BCUT2D eigenvalue weighted by molar-refractivity contribution is 9.11. The van der Waals surface area contributed by atoms with Crippen LogP contribution in [-0.2, 0) is 5.67 Å². The number of hydrogen-bond acceptors (Lipinski definition) is 2. The first-order chi connectivity index (χ1) is 17.9. The molecule has 0 atom stereocenters. The van der Waals surface area contributed by atoms with Crippen LogP contribution in [0.5, 0.6) is 0 Å². The molecule has 0 heterocycles. The van der Waals surface area contributed by atoms with Gasteiger partial charge < -0.3 is 4.90 Å². The van der Waals surface area contributed by atoms with Crippen LogP contribution in [0.3, 0.4) is 0 Å². The summed E-state index contributed by atoms with van der Waals surface area (Å²) in [6.45, 7) is 0. The monoisotopic (exact) mass is 690 g/mol. The summed E-state index contributed by atoms with van der Waals surface area (Å²) in [6, 6.07) is 9.10. The van der Waals surface area contributed by atoms with E-state index in [9.17, 15) is 44.7 Å². The van der Waals surface area contributed by atoms with Crippen molar-refractivity contribution in [3.8, 4) is 0 Å². The number of carbonyl (C=O) groups excluding carboxylic acids is 2. The van der Waals surface area contributed by atoms with E-state index in [-0.39, 0.29) is 17.7 Å². The fraction of sp³-hybridized carbons (Fsp3) is 0.167. The van der Waals surface area contributed by atoms with Crippen LogP contribution in [0.2, 0.25) is 0 Å². The highest BCUT2D eigenvalue weighted by atomic mass is 79.9. The van der Waals surface area contributed by atoms with Gasteiger partial charge in [0.05, 0.1) is 38.6 Å². The highest BCUT2D eigenvalue weighted by Crippen LogP contribution is 2.54. The van der Waals surface area contributed by atoms with Gasteiger partial charge in [0.25, 0.3) is 11.8 Å². The van der Waals surface area contributed by atoms with Gasteiger partial charge in [-0.1, -0.05) is 24.3 Å². The average molecular weight is 692 g/mol. The van der Waals surface area contributed by atoms with Gasteiger partial charge in [0.2, 0.25) is 0 Å². The molecule has 0 fully saturated rings. The van der Waals surface area contributed by atoms with E-state index in [2.05, 4.69) is 32.1 Å². The topological polar surface area (TPSA) is 40.6 Å². The lowest BCUT2D eigenvalue weighted by Crippen LogP contribution is -2.50. The van der Waals surface area contributed by atoms with E-state index in [0.29, 0.717) is 9.99 Å². The average Bonchev–Trinajstić information content (AvgIpc) is 2.85. The molecule has 0 aromatic heterocycles. The van der Waals surface area contributed by atoms with Gasteiger partial charge >= 0.3 is 18.0 Å².